The van der Waals surface area contributed by atoms with Crippen LogP contribution in [0, 0.1) is 25.7 Å². The van der Waals surface area contributed by atoms with Gasteiger partial charge in [0.2, 0.25) is 0 Å². The van der Waals surface area contributed by atoms with Crippen LogP contribution in [0.2, 0.25) is 0 Å². The zero-order valence-corrected chi connectivity index (χ0v) is 30.4. The number of aromatic hydroxyl groups is 2. The number of benzene rings is 4. The number of carbonyl (C=O) groups is 2. The summed E-state index contributed by atoms with van der Waals surface area (Å²) in [5, 5.41) is 20.5. The van der Waals surface area contributed by atoms with E-state index in [1.807, 2.05) is 50.2 Å². The molecule has 2 atom stereocenters. The summed E-state index contributed by atoms with van der Waals surface area (Å²) < 4.78 is 33.1. The van der Waals surface area contributed by atoms with Gasteiger partial charge in [0.05, 0.1) is 41.7 Å². The molecule has 0 fully saturated rings. The minimum atomic E-state index is -0.550. The standard InChI is InChI=1S/C42H46O10/c1-27-7-9-29(21-37(27)47-3)13-17-41(45)51-25-33(19-31-11-15-35(43)39(23-31)49-5)34(20-32-12-16-36(44)40(24-32)50-6)26-52-42(46)18-14-30-10-8-28(2)38(22-30)48-4/h7-18,21-24,33-34,43-44H,19-20,25-26H2,1-6H3. The summed E-state index contributed by atoms with van der Waals surface area (Å²) in [4.78, 5) is 26.1. The smallest absolute Gasteiger partial charge is 0.330 e. The van der Waals surface area contributed by atoms with E-state index < -0.39 is 11.9 Å². The molecule has 4 aromatic rings. The Morgan fingerprint density at radius 1 is 0.558 bits per heavy atom. The van der Waals surface area contributed by atoms with Crippen molar-refractivity contribution in [1.82, 2.24) is 0 Å². The van der Waals surface area contributed by atoms with Crippen LogP contribution in [0.25, 0.3) is 12.2 Å². The van der Waals surface area contributed by atoms with Gasteiger partial charge in [-0.3, -0.25) is 0 Å². The number of hydrogen-bond donors (Lipinski definition) is 2. The number of esters is 2. The summed E-state index contributed by atoms with van der Waals surface area (Å²) in [6.07, 6.45) is 6.80. The highest BCUT2D eigenvalue weighted by atomic mass is 16.5. The lowest BCUT2D eigenvalue weighted by molar-refractivity contribution is -0.143. The van der Waals surface area contributed by atoms with Crippen LogP contribution in [0.3, 0.4) is 0 Å². The maximum absolute atomic E-state index is 13.1. The van der Waals surface area contributed by atoms with Crippen LogP contribution in [0.15, 0.2) is 84.9 Å². The summed E-state index contributed by atoms with van der Waals surface area (Å²) in [7, 11) is 6.12. The van der Waals surface area contributed by atoms with Crippen molar-refractivity contribution in [3.8, 4) is 34.5 Å². The molecule has 2 N–H and O–H groups in total. The zero-order valence-electron chi connectivity index (χ0n) is 30.4. The van der Waals surface area contributed by atoms with E-state index in [0.29, 0.717) is 35.8 Å². The Balaban J connectivity index is 1.61. The average Bonchev–Trinajstić information content (AvgIpc) is 3.15. The summed E-state index contributed by atoms with van der Waals surface area (Å²) in [6, 6.07) is 21.3. The summed E-state index contributed by atoms with van der Waals surface area (Å²) in [6.45, 7) is 3.84. The van der Waals surface area contributed by atoms with Gasteiger partial charge in [-0.1, -0.05) is 36.4 Å². The van der Waals surface area contributed by atoms with Gasteiger partial charge < -0.3 is 38.6 Å². The van der Waals surface area contributed by atoms with E-state index in [9.17, 15) is 19.8 Å². The van der Waals surface area contributed by atoms with Crippen molar-refractivity contribution in [3.05, 3.63) is 118 Å². The maximum Gasteiger partial charge on any atom is 0.330 e. The van der Waals surface area contributed by atoms with Crippen molar-refractivity contribution in [3.63, 3.8) is 0 Å². The second-order valence-electron chi connectivity index (χ2n) is 12.3. The predicted molar refractivity (Wildman–Crippen MR) is 199 cm³/mol. The van der Waals surface area contributed by atoms with Crippen molar-refractivity contribution in [2.75, 3.05) is 41.7 Å². The molecule has 0 aliphatic heterocycles. The van der Waals surface area contributed by atoms with Gasteiger partial charge in [0.15, 0.2) is 23.0 Å². The first-order chi connectivity index (χ1) is 25.0. The SMILES string of the molecule is COc1cc(C=CC(=O)OCC(Cc2ccc(O)c(OC)c2)C(COC(=O)C=Cc2ccc(C)c(OC)c2)Cc2ccc(O)c(OC)c2)ccc1C. The summed E-state index contributed by atoms with van der Waals surface area (Å²) >= 11 is 0. The second-order valence-corrected chi connectivity index (χ2v) is 12.3. The molecular weight excluding hydrogens is 664 g/mol. The maximum atomic E-state index is 13.1. The van der Waals surface area contributed by atoms with Gasteiger partial charge in [0.1, 0.15) is 11.5 Å². The van der Waals surface area contributed by atoms with Crippen molar-refractivity contribution in [2.45, 2.75) is 26.7 Å². The molecule has 0 saturated carbocycles. The van der Waals surface area contributed by atoms with E-state index >= 15 is 0 Å². The second kappa shape index (κ2) is 18.9. The number of methoxy groups -OCH3 is 4. The summed E-state index contributed by atoms with van der Waals surface area (Å²) in [5.41, 5.74) is 5.11. The highest BCUT2D eigenvalue weighted by molar-refractivity contribution is 5.87. The molecule has 0 radical (unpaired) electrons. The Hall–Kier alpha value is -5.90. The van der Waals surface area contributed by atoms with Gasteiger partial charge in [0, 0.05) is 24.0 Å². The summed E-state index contributed by atoms with van der Waals surface area (Å²) in [5.74, 6) is 0.153. The third-order valence-electron chi connectivity index (χ3n) is 8.72. The van der Waals surface area contributed by atoms with Crippen LogP contribution in [0.1, 0.15) is 33.4 Å². The monoisotopic (exact) mass is 710 g/mol. The number of ether oxygens (including phenoxy) is 6. The molecule has 0 bridgehead atoms. The first-order valence-corrected chi connectivity index (χ1v) is 16.7. The fourth-order valence-corrected chi connectivity index (χ4v) is 5.71. The highest BCUT2D eigenvalue weighted by Gasteiger charge is 2.26. The van der Waals surface area contributed by atoms with E-state index in [2.05, 4.69) is 0 Å². The van der Waals surface area contributed by atoms with Crippen LogP contribution in [0.4, 0.5) is 0 Å². The number of phenolic OH excluding ortho intramolecular Hbond substituents is 2. The number of hydrogen-bond acceptors (Lipinski definition) is 10. The van der Waals surface area contributed by atoms with Gasteiger partial charge in [-0.05, 0) is 109 Å². The van der Waals surface area contributed by atoms with Crippen LogP contribution in [0.5, 0.6) is 34.5 Å². The van der Waals surface area contributed by atoms with Crippen molar-refractivity contribution < 1.29 is 48.2 Å². The molecule has 0 amide bonds. The Labute approximate surface area is 304 Å². The van der Waals surface area contributed by atoms with Crippen LogP contribution in [-0.4, -0.2) is 63.8 Å². The normalized spacial score (nSPS) is 12.3. The van der Waals surface area contributed by atoms with Gasteiger partial charge in [0.25, 0.3) is 0 Å². The van der Waals surface area contributed by atoms with E-state index in [1.54, 1.807) is 62.8 Å². The van der Waals surface area contributed by atoms with E-state index in [-0.39, 0.29) is 36.5 Å². The molecule has 0 heterocycles. The van der Waals surface area contributed by atoms with Crippen LogP contribution in [-0.2, 0) is 31.9 Å². The topological polar surface area (TPSA) is 130 Å². The molecule has 274 valence electrons. The molecule has 10 nitrogen and oxygen atoms in total. The fourth-order valence-electron chi connectivity index (χ4n) is 5.71. The fraction of sp³-hybridized carbons (Fsp3) is 0.286. The highest BCUT2D eigenvalue weighted by Crippen LogP contribution is 2.32. The lowest BCUT2D eigenvalue weighted by atomic mass is 9.83. The molecule has 0 saturated heterocycles. The molecule has 4 rings (SSSR count). The molecule has 52 heavy (non-hydrogen) atoms. The lowest BCUT2D eigenvalue weighted by Crippen LogP contribution is -2.30. The number of aryl methyl sites for hydroxylation is 2. The van der Waals surface area contributed by atoms with Crippen molar-refractivity contribution in [2.24, 2.45) is 11.8 Å². The van der Waals surface area contributed by atoms with Crippen molar-refractivity contribution >= 4 is 24.1 Å². The van der Waals surface area contributed by atoms with Crippen LogP contribution < -0.4 is 18.9 Å². The Kier molecular flexibility index (Phi) is 14.1. The molecular formula is C42H46O10. The van der Waals surface area contributed by atoms with E-state index in [4.69, 9.17) is 28.4 Å². The molecule has 2 unspecified atom stereocenters. The average molecular weight is 711 g/mol. The number of phenols is 2. The number of carbonyl (C=O) groups excluding carboxylic acids is 2. The Morgan fingerprint density at radius 2 is 0.942 bits per heavy atom. The molecule has 0 aromatic heterocycles. The molecule has 0 spiro atoms. The van der Waals surface area contributed by atoms with E-state index in [0.717, 1.165) is 33.4 Å². The van der Waals surface area contributed by atoms with Gasteiger partial charge in [-0.25, -0.2) is 9.59 Å². The first-order valence-electron chi connectivity index (χ1n) is 16.7. The number of rotatable bonds is 17. The van der Waals surface area contributed by atoms with E-state index in [1.165, 1.54) is 26.4 Å². The minimum Gasteiger partial charge on any atom is -0.504 e. The molecule has 10 heteroatoms. The van der Waals surface area contributed by atoms with Crippen molar-refractivity contribution in [1.29, 1.82) is 0 Å². The quantitative estimate of drug-likeness (QED) is 0.0852. The largest absolute Gasteiger partial charge is 0.504 e. The third kappa shape index (κ3) is 11.1. The Morgan fingerprint density at radius 3 is 1.31 bits per heavy atom. The zero-order chi connectivity index (χ0) is 37.6. The Bertz CT molecular complexity index is 1760. The van der Waals surface area contributed by atoms with Gasteiger partial charge in [-0.2, -0.15) is 0 Å². The predicted octanol–water partition coefficient (Wildman–Crippen LogP) is 7.28. The first kappa shape index (κ1) is 38.9. The van der Waals surface area contributed by atoms with Gasteiger partial charge >= 0.3 is 11.9 Å². The molecule has 0 aliphatic rings. The van der Waals surface area contributed by atoms with Gasteiger partial charge in [-0.15, -0.1) is 0 Å². The third-order valence-corrected chi connectivity index (χ3v) is 8.72. The lowest BCUT2D eigenvalue weighted by Gasteiger charge is -2.27. The molecule has 0 aliphatic carbocycles. The van der Waals surface area contributed by atoms with Crippen LogP contribution >= 0.6 is 0 Å². The minimum absolute atomic E-state index is 0.00764. The molecule has 4 aromatic carbocycles.